The van der Waals surface area contributed by atoms with Crippen molar-refractivity contribution >= 4 is 17.6 Å². The first-order chi connectivity index (χ1) is 11.9. The van der Waals surface area contributed by atoms with E-state index in [0.29, 0.717) is 5.76 Å². The lowest BCUT2D eigenvalue weighted by molar-refractivity contribution is -0.385. The Morgan fingerprint density at radius 1 is 1.36 bits per heavy atom. The zero-order valence-electron chi connectivity index (χ0n) is 13.6. The van der Waals surface area contributed by atoms with E-state index >= 15 is 0 Å². The van der Waals surface area contributed by atoms with Gasteiger partial charge in [0.25, 0.3) is 5.91 Å². The van der Waals surface area contributed by atoms with Crippen LogP contribution in [0.3, 0.4) is 0 Å². The Kier molecular flexibility index (Phi) is 5.72. The zero-order valence-corrected chi connectivity index (χ0v) is 13.6. The van der Waals surface area contributed by atoms with Gasteiger partial charge in [-0.25, -0.2) is 4.79 Å². The predicted molar refractivity (Wildman–Crippen MR) is 85.1 cm³/mol. The molecular weight excluding hydrogens is 332 g/mol. The highest BCUT2D eigenvalue weighted by atomic mass is 16.6. The van der Waals surface area contributed by atoms with Gasteiger partial charge in [0.1, 0.15) is 5.76 Å². The summed E-state index contributed by atoms with van der Waals surface area (Å²) in [7, 11) is 1.28. The van der Waals surface area contributed by atoms with E-state index in [2.05, 4.69) is 5.32 Å². The number of rotatable bonds is 7. The molecular formula is C16H16N2O7. The molecule has 0 saturated carbocycles. The number of nitrogens with one attached hydrogen (secondary N) is 1. The number of benzene rings is 1. The monoisotopic (exact) mass is 348 g/mol. The molecule has 1 aromatic carbocycles. The highest BCUT2D eigenvalue weighted by molar-refractivity contribution is 5.93. The minimum absolute atomic E-state index is 0.0192. The number of nitro groups is 1. The first-order valence-corrected chi connectivity index (χ1v) is 7.26. The Labute approximate surface area is 142 Å². The SMILES string of the molecule is COc1ccc(C(=O)O[C@H](C)C(=O)NCc2ccco2)cc1[N+](=O)[O-]. The first kappa shape index (κ1) is 18.0. The van der Waals surface area contributed by atoms with Crippen LogP contribution in [0.15, 0.2) is 41.0 Å². The van der Waals surface area contributed by atoms with Crippen molar-refractivity contribution in [3.63, 3.8) is 0 Å². The van der Waals surface area contributed by atoms with E-state index in [1.807, 2.05) is 0 Å². The molecule has 1 N–H and O–H groups in total. The van der Waals surface area contributed by atoms with E-state index < -0.39 is 22.9 Å². The molecule has 2 aromatic rings. The molecule has 0 bridgehead atoms. The summed E-state index contributed by atoms with van der Waals surface area (Å²) in [5.41, 5.74) is -0.426. The minimum atomic E-state index is -1.08. The Balaban J connectivity index is 1.99. The second-order valence-corrected chi connectivity index (χ2v) is 4.99. The minimum Gasteiger partial charge on any atom is -0.490 e. The summed E-state index contributed by atoms with van der Waals surface area (Å²) in [4.78, 5) is 34.3. The number of amides is 1. The van der Waals surface area contributed by atoms with Crippen LogP contribution in [-0.4, -0.2) is 30.0 Å². The van der Waals surface area contributed by atoms with Crippen LogP contribution in [-0.2, 0) is 16.1 Å². The predicted octanol–water partition coefficient (Wildman–Crippen LogP) is 2.06. The van der Waals surface area contributed by atoms with E-state index in [4.69, 9.17) is 13.9 Å². The van der Waals surface area contributed by atoms with E-state index in [1.54, 1.807) is 12.1 Å². The molecule has 25 heavy (non-hydrogen) atoms. The number of furan rings is 1. The van der Waals surface area contributed by atoms with Crippen molar-refractivity contribution in [3.8, 4) is 5.75 Å². The number of hydrogen-bond donors (Lipinski definition) is 1. The van der Waals surface area contributed by atoms with Crippen molar-refractivity contribution in [1.29, 1.82) is 0 Å². The summed E-state index contributed by atoms with van der Waals surface area (Å²) in [5.74, 6) is -0.803. The summed E-state index contributed by atoms with van der Waals surface area (Å²) in [5, 5.41) is 13.5. The van der Waals surface area contributed by atoms with Crippen molar-refractivity contribution < 1.29 is 28.4 Å². The van der Waals surface area contributed by atoms with Crippen LogP contribution in [0.2, 0.25) is 0 Å². The van der Waals surface area contributed by atoms with E-state index in [1.165, 1.54) is 32.4 Å². The third kappa shape index (κ3) is 4.56. The molecule has 1 atom stereocenters. The van der Waals surface area contributed by atoms with Gasteiger partial charge in [-0.15, -0.1) is 0 Å². The van der Waals surface area contributed by atoms with Gasteiger partial charge in [0, 0.05) is 6.07 Å². The number of methoxy groups -OCH3 is 1. The van der Waals surface area contributed by atoms with Gasteiger partial charge in [-0.3, -0.25) is 14.9 Å². The second-order valence-electron chi connectivity index (χ2n) is 4.99. The molecule has 0 unspecified atom stereocenters. The zero-order chi connectivity index (χ0) is 18.4. The van der Waals surface area contributed by atoms with Gasteiger partial charge in [0.15, 0.2) is 11.9 Å². The van der Waals surface area contributed by atoms with Crippen molar-refractivity contribution in [1.82, 2.24) is 5.32 Å². The van der Waals surface area contributed by atoms with Crippen LogP contribution < -0.4 is 10.1 Å². The van der Waals surface area contributed by atoms with Crippen LogP contribution in [0.4, 0.5) is 5.69 Å². The molecule has 0 aliphatic heterocycles. The van der Waals surface area contributed by atoms with Crippen LogP contribution in [0.25, 0.3) is 0 Å². The van der Waals surface area contributed by atoms with Crippen LogP contribution in [0.1, 0.15) is 23.0 Å². The molecule has 0 fully saturated rings. The Bertz CT molecular complexity index is 771. The fraction of sp³-hybridized carbons (Fsp3) is 0.250. The standard InChI is InChI=1S/C16H16N2O7/c1-10(15(19)17-9-12-4-3-7-24-12)25-16(20)11-5-6-14(23-2)13(8-11)18(21)22/h3-8,10H,9H2,1-2H3,(H,17,19)/t10-/m1/s1. The van der Waals surface area contributed by atoms with Crippen molar-refractivity contribution in [3.05, 3.63) is 58.0 Å². The normalized spacial score (nSPS) is 11.4. The van der Waals surface area contributed by atoms with Crippen LogP contribution in [0.5, 0.6) is 5.75 Å². The number of carbonyl (C=O) groups excluding carboxylic acids is 2. The molecule has 1 amide bonds. The lowest BCUT2D eigenvalue weighted by Gasteiger charge is -2.13. The van der Waals surface area contributed by atoms with Gasteiger partial charge in [0.2, 0.25) is 0 Å². The molecule has 0 aliphatic rings. The Hall–Kier alpha value is -3.36. The van der Waals surface area contributed by atoms with Crippen molar-refractivity contribution in [2.24, 2.45) is 0 Å². The van der Waals surface area contributed by atoms with Gasteiger partial charge < -0.3 is 19.2 Å². The van der Waals surface area contributed by atoms with Crippen LogP contribution >= 0.6 is 0 Å². The molecule has 2 rings (SSSR count). The van der Waals surface area contributed by atoms with Crippen molar-refractivity contribution in [2.75, 3.05) is 7.11 Å². The summed E-state index contributed by atoms with van der Waals surface area (Å²) in [6.45, 7) is 1.55. The summed E-state index contributed by atoms with van der Waals surface area (Å²) in [6, 6.07) is 7.02. The van der Waals surface area contributed by atoms with E-state index in [-0.39, 0.29) is 23.5 Å². The fourth-order valence-electron chi connectivity index (χ4n) is 1.97. The maximum Gasteiger partial charge on any atom is 0.339 e. The van der Waals surface area contributed by atoms with Gasteiger partial charge in [-0.2, -0.15) is 0 Å². The molecule has 0 radical (unpaired) electrons. The van der Waals surface area contributed by atoms with E-state index in [0.717, 1.165) is 6.07 Å². The number of ether oxygens (including phenoxy) is 2. The highest BCUT2D eigenvalue weighted by Crippen LogP contribution is 2.27. The van der Waals surface area contributed by atoms with Gasteiger partial charge >= 0.3 is 11.7 Å². The fourth-order valence-corrected chi connectivity index (χ4v) is 1.97. The molecule has 9 nitrogen and oxygen atoms in total. The van der Waals surface area contributed by atoms with Gasteiger partial charge in [0.05, 0.1) is 30.4 Å². The Morgan fingerprint density at radius 2 is 2.12 bits per heavy atom. The van der Waals surface area contributed by atoms with E-state index in [9.17, 15) is 19.7 Å². The molecule has 0 spiro atoms. The first-order valence-electron chi connectivity index (χ1n) is 7.26. The second kappa shape index (κ2) is 7.95. The maximum absolute atomic E-state index is 12.1. The smallest absolute Gasteiger partial charge is 0.339 e. The number of carbonyl (C=O) groups is 2. The number of nitro benzene ring substituents is 1. The largest absolute Gasteiger partial charge is 0.490 e. The number of nitrogens with zero attached hydrogens (tertiary/aromatic N) is 1. The molecule has 0 aliphatic carbocycles. The molecule has 1 aromatic heterocycles. The molecule has 0 saturated heterocycles. The Morgan fingerprint density at radius 3 is 2.72 bits per heavy atom. The molecule has 9 heteroatoms. The third-order valence-electron chi connectivity index (χ3n) is 3.28. The number of hydrogen-bond acceptors (Lipinski definition) is 7. The average Bonchev–Trinajstić information content (AvgIpc) is 3.12. The average molecular weight is 348 g/mol. The number of esters is 1. The highest BCUT2D eigenvalue weighted by Gasteiger charge is 2.22. The quantitative estimate of drug-likeness (QED) is 0.462. The third-order valence-corrected chi connectivity index (χ3v) is 3.28. The topological polar surface area (TPSA) is 121 Å². The van der Waals surface area contributed by atoms with Crippen molar-refractivity contribution in [2.45, 2.75) is 19.6 Å². The lowest BCUT2D eigenvalue weighted by atomic mass is 10.2. The van der Waals surface area contributed by atoms with Gasteiger partial charge in [-0.05, 0) is 31.2 Å². The summed E-state index contributed by atoms with van der Waals surface area (Å²) < 4.78 is 15.0. The summed E-state index contributed by atoms with van der Waals surface area (Å²) in [6.07, 6.45) is 0.394. The summed E-state index contributed by atoms with van der Waals surface area (Å²) >= 11 is 0. The lowest BCUT2D eigenvalue weighted by Crippen LogP contribution is -2.35. The molecule has 132 valence electrons. The molecule has 1 heterocycles. The van der Waals surface area contributed by atoms with Gasteiger partial charge in [-0.1, -0.05) is 0 Å². The maximum atomic E-state index is 12.1. The van der Waals surface area contributed by atoms with Crippen LogP contribution in [0, 0.1) is 10.1 Å².